The van der Waals surface area contributed by atoms with Crippen molar-refractivity contribution < 1.29 is 4.39 Å². The molecule has 0 spiro atoms. The molecule has 9 heavy (non-hydrogen) atoms. The van der Waals surface area contributed by atoms with Gasteiger partial charge >= 0.3 is 0 Å². The predicted octanol–water partition coefficient (Wildman–Crippen LogP) is 3.22. The minimum Gasteiger partial charge on any atom is -0.207 e. The van der Waals surface area contributed by atoms with Crippen LogP contribution in [0, 0.1) is 0 Å². The molecular formula is C8H13F. The van der Waals surface area contributed by atoms with Gasteiger partial charge in [0.05, 0.1) is 0 Å². The van der Waals surface area contributed by atoms with Crippen LogP contribution in [0.3, 0.4) is 0 Å². The van der Waals surface area contributed by atoms with Gasteiger partial charge in [-0.15, -0.1) is 0 Å². The minimum atomic E-state index is -0.144. The summed E-state index contributed by atoms with van der Waals surface area (Å²) in [4.78, 5) is 0. The number of hydrogen-bond acceptors (Lipinski definition) is 0. The molecule has 1 heteroatoms. The van der Waals surface area contributed by atoms with Crippen molar-refractivity contribution in [2.75, 3.05) is 0 Å². The van der Waals surface area contributed by atoms with Crippen LogP contribution in [-0.4, -0.2) is 0 Å². The zero-order chi connectivity index (χ0) is 7.28. The minimum absolute atomic E-state index is 0.144. The molecule has 0 aliphatic heterocycles. The van der Waals surface area contributed by atoms with E-state index in [-0.39, 0.29) is 5.83 Å². The molecule has 0 amide bonds. The summed E-state index contributed by atoms with van der Waals surface area (Å²) in [5.41, 5.74) is 1.07. The summed E-state index contributed by atoms with van der Waals surface area (Å²) in [5.74, 6) is -0.144. The summed E-state index contributed by atoms with van der Waals surface area (Å²) < 4.78 is 12.4. The van der Waals surface area contributed by atoms with Gasteiger partial charge in [0.1, 0.15) is 5.83 Å². The Morgan fingerprint density at radius 3 is 2.44 bits per heavy atom. The molecule has 0 unspecified atom stereocenters. The summed E-state index contributed by atoms with van der Waals surface area (Å²) in [6.07, 6.45) is 3.93. The maximum absolute atomic E-state index is 12.4. The first kappa shape index (κ1) is 8.41. The van der Waals surface area contributed by atoms with Crippen LogP contribution < -0.4 is 0 Å². The number of halogens is 1. The number of rotatable bonds is 2. The van der Waals surface area contributed by atoms with Gasteiger partial charge in [0.15, 0.2) is 0 Å². The largest absolute Gasteiger partial charge is 0.207 e. The summed E-state index contributed by atoms with van der Waals surface area (Å²) in [5, 5.41) is 0. The SMILES string of the molecule is CC=C(F)C=C(C)CC. The maximum atomic E-state index is 12.4. The first-order chi connectivity index (χ1) is 4.20. The Morgan fingerprint density at radius 1 is 1.56 bits per heavy atom. The Morgan fingerprint density at radius 2 is 2.11 bits per heavy atom. The lowest BCUT2D eigenvalue weighted by atomic mass is 10.2. The van der Waals surface area contributed by atoms with Crippen molar-refractivity contribution in [3.05, 3.63) is 23.6 Å². The van der Waals surface area contributed by atoms with Gasteiger partial charge in [0.25, 0.3) is 0 Å². The average molecular weight is 128 g/mol. The first-order valence-electron chi connectivity index (χ1n) is 3.19. The molecule has 52 valence electrons. The topological polar surface area (TPSA) is 0 Å². The van der Waals surface area contributed by atoms with E-state index in [1.54, 1.807) is 13.0 Å². The van der Waals surface area contributed by atoms with Crippen molar-refractivity contribution in [1.82, 2.24) is 0 Å². The zero-order valence-corrected chi connectivity index (χ0v) is 6.24. The van der Waals surface area contributed by atoms with E-state index in [0.29, 0.717) is 0 Å². The van der Waals surface area contributed by atoms with Gasteiger partial charge in [-0.2, -0.15) is 0 Å². The Bertz CT molecular complexity index is 132. The van der Waals surface area contributed by atoms with E-state index in [1.807, 2.05) is 13.8 Å². The van der Waals surface area contributed by atoms with Crippen LogP contribution in [0.4, 0.5) is 4.39 Å². The van der Waals surface area contributed by atoms with Crippen LogP contribution in [-0.2, 0) is 0 Å². The Labute approximate surface area is 56.1 Å². The second-order valence-corrected chi connectivity index (χ2v) is 2.02. The number of allylic oxidation sites excluding steroid dienone is 4. The smallest absolute Gasteiger partial charge is 0.118 e. The summed E-state index contributed by atoms with van der Waals surface area (Å²) >= 11 is 0. The molecule has 0 bridgehead atoms. The van der Waals surface area contributed by atoms with Crippen LogP contribution in [0.1, 0.15) is 27.2 Å². The standard InChI is InChI=1S/C8H13F/c1-4-7(3)6-8(9)5-2/h5-6H,4H2,1-3H3. The molecule has 0 aromatic carbocycles. The van der Waals surface area contributed by atoms with Crippen LogP contribution in [0.2, 0.25) is 0 Å². The van der Waals surface area contributed by atoms with E-state index in [4.69, 9.17) is 0 Å². The van der Waals surface area contributed by atoms with Crippen LogP contribution in [0.15, 0.2) is 23.6 Å². The highest BCUT2D eigenvalue weighted by atomic mass is 19.1. The molecule has 0 atom stereocenters. The molecular weight excluding hydrogens is 115 g/mol. The van der Waals surface area contributed by atoms with Crippen LogP contribution in [0.5, 0.6) is 0 Å². The van der Waals surface area contributed by atoms with Gasteiger partial charge in [-0.3, -0.25) is 0 Å². The van der Waals surface area contributed by atoms with Gasteiger partial charge in [-0.25, -0.2) is 4.39 Å². The average Bonchev–Trinajstić information content (AvgIpc) is 1.87. The van der Waals surface area contributed by atoms with E-state index in [9.17, 15) is 4.39 Å². The quantitative estimate of drug-likeness (QED) is 0.501. The van der Waals surface area contributed by atoms with Crippen molar-refractivity contribution in [3.8, 4) is 0 Å². The van der Waals surface area contributed by atoms with E-state index in [0.717, 1.165) is 12.0 Å². The monoisotopic (exact) mass is 128 g/mol. The third kappa shape index (κ3) is 3.95. The van der Waals surface area contributed by atoms with Gasteiger partial charge in [0.2, 0.25) is 0 Å². The van der Waals surface area contributed by atoms with Gasteiger partial charge < -0.3 is 0 Å². The fourth-order valence-corrected chi connectivity index (χ4v) is 0.421. The fraction of sp³-hybridized carbons (Fsp3) is 0.500. The van der Waals surface area contributed by atoms with Gasteiger partial charge in [-0.1, -0.05) is 18.6 Å². The lowest BCUT2D eigenvalue weighted by Crippen LogP contribution is -1.71. The highest BCUT2D eigenvalue weighted by Crippen LogP contribution is 2.05. The summed E-state index contributed by atoms with van der Waals surface area (Å²) in [7, 11) is 0. The lowest BCUT2D eigenvalue weighted by Gasteiger charge is -1.90. The maximum Gasteiger partial charge on any atom is 0.118 e. The van der Waals surface area contributed by atoms with E-state index in [2.05, 4.69) is 0 Å². The molecule has 0 fully saturated rings. The zero-order valence-electron chi connectivity index (χ0n) is 6.24. The molecule has 0 saturated heterocycles. The van der Waals surface area contributed by atoms with Crippen molar-refractivity contribution in [1.29, 1.82) is 0 Å². The molecule has 0 saturated carbocycles. The van der Waals surface area contributed by atoms with Crippen molar-refractivity contribution in [2.45, 2.75) is 27.2 Å². The molecule has 0 N–H and O–H groups in total. The Hall–Kier alpha value is -0.590. The second kappa shape index (κ2) is 4.30. The van der Waals surface area contributed by atoms with Crippen molar-refractivity contribution in [2.24, 2.45) is 0 Å². The van der Waals surface area contributed by atoms with Crippen molar-refractivity contribution in [3.63, 3.8) is 0 Å². The molecule has 0 aliphatic rings. The number of hydrogen-bond donors (Lipinski definition) is 0. The van der Waals surface area contributed by atoms with E-state index >= 15 is 0 Å². The third-order valence-corrected chi connectivity index (χ3v) is 1.22. The first-order valence-corrected chi connectivity index (χ1v) is 3.19. The molecule has 0 rings (SSSR count). The normalized spacial score (nSPS) is 14.2. The molecule has 0 aliphatic carbocycles. The summed E-state index contributed by atoms with van der Waals surface area (Å²) in [6, 6.07) is 0. The van der Waals surface area contributed by atoms with Crippen LogP contribution in [0.25, 0.3) is 0 Å². The van der Waals surface area contributed by atoms with Crippen molar-refractivity contribution >= 4 is 0 Å². The predicted molar refractivity (Wildman–Crippen MR) is 38.9 cm³/mol. The highest BCUT2D eigenvalue weighted by molar-refractivity contribution is 5.15. The van der Waals surface area contributed by atoms with Gasteiger partial charge in [0, 0.05) is 0 Å². The summed E-state index contributed by atoms with van der Waals surface area (Å²) in [6.45, 7) is 5.62. The molecule has 0 heterocycles. The van der Waals surface area contributed by atoms with Gasteiger partial charge in [-0.05, 0) is 26.3 Å². The van der Waals surface area contributed by atoms with E-state index < -0.39 is 0 Å². The molecule has 0 radical (unpaired) electrons. The molecule has 0 aromatic rings. The molecule has 0 aromatic heterocycles. The second-order valence-electron chi connectivity index (χ2n) is 2.02. The Kier molecular flexibility index (Phi) is 4.02. The molecule has 0 nitrogen and oxygen atoms in total. The highest BCUT2D eigenvalue weighted by Gasteiger charge is 1.86. The third-order valence-electron chi connectivity index (χ3n) is 1.22. The van der Waals surface area contributed by atoms with Crippen LogP contribution >= 0.6 is 0 Å². The van der Waals surface area contributed by atoms with E-state index in [1.165, 1.54) is 6.08 Å². The lowest BCUT2D eigenvalue weighted by molar-refractivity contribution is 0.662. The fourth-order valence-electron chi connectivity index (χ4n) is 0.421. The Balaban J connectivity index is 3.95.